The van der Waals surface area contributed by atoms with Crippen LogP contribution in [-0.4, -0.2) is 33.2 Å². The molecule has 2 heterocycles. The van der Waals surface area contributed by atoms with Gasteiger partial charge in [-0.2, -0.15) is 0 Å². The van der Waals surface area contributed by atoms with Gasteiger partial charge in [0, 0.05) is 24.2 Å². The summed E-state index contributed by atoms with van der Waals surface area (Å²) >= 11 is 0. The molecular formula is C20H20F2N2O3S. The maximum atomic E-state index is 14.4. The number of hydrogen-bond donors (Lipinski definition) is 0. The van der Waals surface area contributed by atoms with E-state index in [4.69, 9.17) is 0 Å². The summed E-state index contributed by atoms with van der Waals surface area (Å²) in [6.45, 7) is 2.16. The van der Waals surface area contributed by atoms with Gasteiger partial charge in [-0.1, -0.05) is 0 Å². The smallest absolute Gasteiger partial charge is 0.258 e. The van der Waals surface area contributed by atoms with Gasteiger partial charge in [-0.15, -0.1) is 0 Å². The third-order valence-corrected chi connectivity index (χ3v) is 6.56. The highest BCUT2D eigenvalue weighted by atomic mass is 32.2. The fourth-order valence-corrected chi connectivity index (χ4v) is 5.52. The number of carbonyl (C=O) groups is 1. The van der Waals surface area contributed by atoms with Crippen LogP contribution in [0.15, 0.2) is 30.3 Å². The van der Waals surface area contributed by atoms with Crippen LogP contribution in [0.3, 0.4) is 0 Å². The second-order valence-corrected chi connectivity index (χ2v) is 9.27. The highest BCUT2D eigenvalue weighted by molar-refractivity contribution is 7.92. The summed E-state index contributed by atoms with van der Waals surface area (Å²) in [4.78, 5) is 14.4. The zero-order valence-corrected chi connectivity index (χ0v) is 16.4. The Morgan fingerprint density at radius 3 is 2.61 bits per heavy atom. The van der Waals surface area contributed by atoms with E-state index >= 15 is 0 Å². The van der Waals surface area contributed by atoms with Crippen LogP contribution >= 0.6 is 0 Å². The summed E-state index contributed by atoms with van der Waals surface area (Å²) in [7, 11) is -3.42. The molecule has 0 spiro atoms. The number of fused-ring (bicyclic) bond motifs is 2. The van der Waals surface area contributed by atoms with E-state index in [1.807, 2.05) is 6.92 Å². The molecular weight excluding hydrogens is 386 g/mol. The monoisotopic (exact) mass is 406 g/mol. The molecule has 2 aromatic carbocycles. The topological polar surface area (TPSA) is 57.7 Å². The number of amides is 1. The van der Waals surface area contributed by atoms with Crippen molar-refractivity contribution in [2.45, 2.75) is 32.2 Å². The van der Waals surface area contributed by atoms with E-state index in [0.717, 1.165) is 17.9 Å². The Morgan fingerprint density at radius 1 is 1.14 bits per heavy atom. The largest absolute Gasteiger partial charge is 0.305 e. The molecule has 0 N–H and O–H groups in total. The molecule has 0 aliphatic carbocycles. The zero-order chi connectivity index (χ0) is 20.2. The van der Waals surface area contributed by atoms with Crippen molar-refractivity contribution in [2.24, 2.45) is 0 Å². The lowest BCUT2D eigenvalue weighted by molar-refractivity contribution is 0.0984. The molecule has 2 aromatic rings. The van der Waals surface area contributed by atoms with Crippen LogP contribution in [0.4, 0.5) is 20.2 Å². The van der Waals surface area contributed by atoms with Crippen molar-refractivity contribution in [3.8, 4) is 0 Å². The molecule has 4 rings (SSSR count). The highest BCUT2D eigenvalue weighted by Gasteiger charge is 2.34. The average Bonchev–Trinajstić information content (AvgIpc) is 2.95. The third kappa shape index (κ3) is 3.05. The third-order valence-electron chi connectivity index (χ3n) is 5.29. The molecule has 0 saturated heterocycles. The van der Waals surface area contributed by atoms with Gasteiger partial charge in [0.05, 0.1) is 17.6 Å². The van der Waals surface area contributed by atoms with Crippen molar-refractivity contribution in [3.05, 3.63) is 58.7 Å². The minimum absolute atomic E-state index is 0.129. The number of carbonyl (C=O) groups excluding carboxylic acids is 1. The van der Waals surface area contributed by atoms with Crippen LogP contribution < -0.4 is 9.21 Å². The molecule has 1 atom stereocenters. The summed E-state index contributed by atoms with van der Waals surface area (Å²) in [6, 6.07) is 6.69. The van der Waals surface area contributed by atoms with Gasteiger partial charge in [-0.05, 0) is 61.6 Å². The molecule has 0 aromatic heterocycles. The molecule has 28 heavy (non-hydrogen) atoms. The molecule has 0 fully saturated rings. The fourth-order valence-electron chi connectivity index (χ4n) is 4.25. The fraction of sp³-hybridized carbons (Fsp3) is 0.350. The summed E-state index contributed by atoms with van der Waals surface area (Å²) in [5.41, 5.74) is 2.30. The second-order valence-electron chi connectivity index (χ2n) is 7.41. The minimum atomic E-state index is -3.42. The van der Waals surface area contributed by atoms with Gasteiger partial charge < -0.3 is 4.90 Å². The number of aryl methyl sites for hydroxylation is 1. The number of sulfonamides is 1. The van der Waals surface area contributed by atoms with E-state index in [-0.39, 0.29) is 17.6 Å². The van der Waals surface area contributed by atoms with Gasteiger partial charge in [0.25, 0.3) is 5.91 Å². The predicted molar refractivity (Wildman–Crippen MR) is 103 cm³/mol. The van der Waals surface area contributed by atoms with Crippen LogP contribution in [0, 0.1) is 11.6 Å². The molecule has 8 heteroatoms. The summed E-state index contributed by atoms with van der Waals surface area (Å²) in [5, 5.41) is 0. The summed E-state index contributed by atoms with van der Waals surface area (Å²) in [6.07, 6.45) is 2.79. The van der Waals surface area contributed by atoms with E-state index in [9.17, 15) is 22.0 Å². The Bertz CT molecular complexity index is 1090. The normalized spacial score (nSPS) is 18.8. The highest BCUT2D eigenvalue weighted by Crippen LogP contribution is 2.36. The number of nitrogens with zero attached hydrogens (tertiary/aromatic N) is 2. The maximum Gasteiger partial charge on any atom is 0.258 e. The number of halogens is 2. The first-order valence-corrected chi connectivity index (χ1v) is 10.9. The molecule has 2 aliphatic rings. The Hall–Kier alpha value is -2.48. The van der Waals surface area contributed by atoms with Crippen molar-refractivity contribution >= 4 is 27.3 Å². The zero-order valence-electron chi connectivity index (χ0n) is 15.6. The van der Waals surface area contributed by atoms with Gasteiger partial charge in [0.15, 0.2) is 0 Å². The van der Waals surface area contributed by atoms with Crippen LogP contribution in [0.1, 0.15) is 34.8 Å². The van der Waals surface area contributed by atoms with Gasteiger partial charge in [0.1, 0.15) is 11.6 Å². The molecule has 1 amide bonds. The minimum Gasteiger partial charge on any atom is -0.305 e. The molecule has 0 bridgehead atoms. The van der Waals surface area contributed by atoms with E-state index in [1.54, 1.807) is 18.2 Å². The lowest BCUT2D eigenvalue weighted by Crippen LogP contribution is -2.36. The SMILES string of the molecule is CC1Cc2cc(C(=O)N3CCCc4cc(F)cc(F)c43)ccc2N1S(C)(=O)=O. The molecule has 2 aliphatic heterocycles. The van der Waals surface area contributed by atoms with E-state index in [0.29, 0.717) is 42.6 Å². The Kier molecular flexibility index (Phi) is 4.41. The Morgan fingerprint density at radius 2 is 1.89 bits per heavy atom. The van der Waals surface area contributed by atoms with Gasteiger partial charge in [0.2, 0.25) is 10.0 Å². The molecule has 0 saturated carbocycles. The molecule has 0 radical (unpaired) electrons. The first kappa shape index (κ1) is 18.9. The van der Waals surface area contributed by atoms with Crippen LogP contribution in [0.25, 0.3) is 0 Å². The van der Waals surface area contributed by atoms with Gasteiger partial charge in [-0.25, -0.2) is 17.2 Å². The number of rotatable bonds is 2. The summed E-state index contributed by atoms with van der Waals surface area (Å²) < 4.78 is 53.4. The maximum absolute atomic E-state index is 14.4. The first-order chi connectivity index (χ1) is 13.2. The van der Waals surface area contributed by atoms with Gasteiger partial charge in [-0.3, -0.25) is 9.10 Å². The Labute approximate surface area is 162 Å². The number of benzene rings is 2. The molecule has 148 valence electrons. The quantitative estimate of drug-likeness (QED) is 0.769. The van der Waals surface area contributed by atoms with Crippen molar-refractivity contribution in [1.82, 2.24) is 0 Å². The van der Waals surface area contributed by atoms with Crippen molar-refractivity contribution in [1.29, 1.82) is 0 Å². The number of anilines is 2. The van der Waals surface area contributed by atoms with Gasteiger partial charge >= 0.3 is 0 Å². The summed E-state index contributed by atoms with van der Waals surface area (Å²) in [5.74, 6) is -1.78. The standard InChI is InChI=1S/C20H20F2N2O3S/c1-12-8-15-9-14(5-6-18(15)24(12)28(2,26)27)20(25)23-7-3-4-13-10-16(21)11-17(22)19(13)23/h5-6,9-12H,3-4,7-8H2,1-2H3. The van der Waals surface area contributed by atoms with Crippen LogP contribution in [0.5, 0.6) is 0 Å². The predicted octanol–water partition coefficient (Wildman–Crippen LogP) is 3.27. The van der Waals surface area contributed by atoms with Crippen molar-refractivity contribution in [2.75, 3.05) is 22.0 Å². The molecule has 1 unspecified atom stereocenters. The second kappa shape index (κ2) is 6.55. The van der Waals surface area contributed by atoms with E-state index in [2.05, 4.69) is 0 Å². The Balaban J connectivity index is 1.72. The van der Waals surface area contributed by atoms with Crippen molar-refractivity contribution in [3.63, 3.8) is 0 Å². The lowest BCUT2D eigenvalue weighted by atomic mass is 9.99. The average molecular weight is 406 g/mol. The van der Waals surface area contributed by atoms with E-state index in [1.165, 1.54) is 15.3 Å². The number of hydrogen-bond acceptors (Lipinski definition) is 3. The van der Waals surface area contributed by atoms with Crippen LogP contribution in [-0.2, 0) is 22.9 Å². The molecule has 5 nitrogen and oxygen atoms in total. The van der Waals surface area contributed by atoms with Crippen molar-refractivity contribution < 1.29 is 22.0 Å². The first-order valence-electron chi connectivity index (χ1n) is 9.09. The van der Waals surface area contributed by atoms with Crippen LogP contribution in [0.2, 0.25) is 0 Å². The lowest BCUT2D eigenvalue weighted by Gasteiger charge is -2.30. The van der Waals surface area contributed by atoms with E-state index < -0.39 is 21.7 Å².